The largest absolute Gasteiger partial charge is 0.396 e. The highest BCUT2D eigenvalue weighted by atomic mass is 32.1. The van der Waals surface area contributed by atoms with Crippen LogP contribution in [-0.4, -0.2) is 56.4 Å². The summed E-state index contributed by atoms with van der Waals surface area (Å²) in [7, 11) is 0. The lowest BCUT2D eigenvalue weighted by Crippen LogP contribution is -2.43. The van der Waals surface area contributed by atoms with E-state index in [1.165, 1.54) is 0 Å². The fourth-order valence-electron chi connectivity index (χ4n) is 3.94. The van der Waals surface area contributed by atoms with Gasteiger partial charge in [-0.15, -0.1) is 11.3 Å². The van der Waals surface area contributed by atoms with Gasteiger partial charge in [-0.25, -0.2) is 9.98 Å². The van der Waals surface area contributed by atoms with E-state index in [0.717, 1.165) is 32.3 Å². The summed E-state index contributed by atoms with van der Waals surface area (Å²) in [5.74, 6) is 1.31. The third-order valence-corrected chi connectivity index (χ3v) is 6.65. The molecule has 31 heavy (non-hydrogen) atoms. The minimum atomic E-state index is -0.509. The van der Waals surface area contributed by atoms with Gasteiger partial charge in [0.05, 0.1) is 35.4 Å². The van der Waals surface area contributed by atoms with Crippen molar-refractivity contribution in [1.82, 2.24) is 25.6 Å². The third-order valence-electron chi connectivity index (χ3n) is 5.55. The average Bonchev–Trinajstić information content (AvgIpc) is 3.37. The van der Waals surface area contributed by atoms with Crippen LogP contribution in [-0.2, 0) is 0 Å². The molecule has 5 rings (SSSR count). The summed E-state index contributed by atoms with van der Waals surface area (Å²) in [6.45, 7) is 0.433. The van der Waals surface area contributed by atoms with Crippen LogP contribution in [0.1, 0.15) is 17.8 Å². The number of aliphatic hydroxyl groups excluding tert-OH is 2. The quantitative estimate of drug-likeness (QED) is 0.407. The SMILES string of the molecule is OCC1CC(NC2=C(c3nc4cnccc4s3)CN=C(Nc3cccnc3)N2)CC1O. The molecule has 2 aliphatic rings. The number of aromatic nitrogens is 3. The summed E-state index contributed by atoms with van der Waals surface area (Å²) in [6, 6.07) is 5.77. The number of nitrogens with one attached hydrogen (secondary N) is 3. The molecule has 0 spiro atoms. The molecule has 3 unspecified atom stereocenters. The maximum absolute atomic E-state index is 10.2. The van der Waals surface area contributed by atoms with Crippen LogP contribution in [0.2, 0.25) is 0 Å². The first-order chi connectivity index (χ1) is 15.2. The predicted octanol–water partition coefficient (Wildman–Crippen LogP) is 1.55. The van der Waals surface area contributed by atoms with Gasteiger partial charge < -0.3 is 26.2 Å². The lowest BCUT2D eigenvalue weighted by atomic mass is 10.1. The fourth-order valence-corrected chi connectivity index (χ4v) is 4.92. The number of hydrogen-bond acceptors (Lipinski definition) is 10. The molecule has 0 aromatic carbocycles. The molecule has 1 saturated carbocycles. The Morgan fingerprint density at radius 1 is 1.16 bits per heavy atom. The van der Waals surface area contributed by atoms with Gasteiger partial charge in [0.1, 0.15) is 16.3 Å². The summed E-state index contributed by atoms with van der Waals surface area (Å²) in [6.07, 6.45) is 7.74. The average molecular weight is 438 g/mol. The first-order valence-corrected chi connectivity index (χ1v) is 11.0. The van der Waals surface area contributed by atoms with E-state index in [1.54, 1.807) is 36.1 Å². The van der Waals surface area contributed by atoms with Crippen molar-refractivity contribution in [3.05, 3.63) is 53.8 Å². The smallest absolute Gasteiger partial charge is 0.201 e. The maximum atomic E-state index is 10.2. The number of hydrogen-bond donors (Lipinski definition) is 5. The van der Waals surface area contributed by atoms with E-state index in [4.69, 9.17) is 4.98 Å². The van der Waals surface area contributed by atoms with Crippen molar-refractivity contribution in [1.29, 1.82) is 0 Å². The number of pyridine rings is 2. The fraction of sp³-hybridized carbons (Fsp3) is 0.333. The van der Waals surface area contributed by atoms with E-state index >= 15 is 0 Å². The monoisotopic (exact) mass is 437 g/mol. The van der Waals surface area contributed by atoms with Crippen molar-refractivity contribution in [2.45, 2.75) is 25.0 Å². The summed E-state index contributed by atoms with van der Waals surface area (Å²) in [5.41, 5.74) is 2.65. The third kappa shape index (κ3) is 4.22. The van der Waals surface area contributed by atoms with Gasteiger partial charge in [0.25, 0.3) is 0 Å². The summed E-state index contributed by atoms with van der Waals surface area (Å²) in [4.78, 5) is 17.7. The number of fused-ring (bicyclic) bond motifs is 1. The highest BCUT2D eigenvalue weighted by Crippen LogP contribution is 2.31. The second-order valence-electron chi connectivity index (χ2n) is 7.70. The normalized spacial score (nSPS) is 23.5. The first-order valence-electron chi connectivity index (χ1n) is 10.2. The molecule has 1 fully saturated rings. The van der Waals surface area contributed by atoms with Crippen LogP contribution < -0.4 is 16.0 Å². The highest BCUT2D eigenvalue weighted by molar-refractivity contribution is 7.19. The molecule has 1 aliphatic carbocycles. The topological polar surface area (TPSA) is 128 Å². The Bertz CT molecular complexity index is 1100. The van der Waals surface area contributed by atoms with E-state index in [9.17, 15) is 10.2 Å². The van der Waals surface area contributed by atoms with Gasteiger partial charge >= 0.3 is 0 Å². The van der Waals surface area contributed by atoms with Crippen LogP contribution in [0.25, 0.3) is 15.8 Å². The number of guanidine groups is 1. The summed E-state index contributed by atoms with van der Waals surface area (Å²) in [5, 5.41) is 30.7. The molecular formula is C21H23N7O2S. The minimum absolute atomic E-state index is 0.0151. The number of rotatable bonds is 5. The molecular weight excluding hydrogens is 414 g/mol. The molecule has 5 N–H and O–H groups in total. The zero-order valence-corrected chi connectivity index (χ0v) is 17.5. The lowest BCUT2D eigenvalue weighted by Gasteiger charge is -2.25. The molecule has 0 radical (unpaired) electrons. The molecule has 0 saturated heterocycles. The highest BCUT2D eigenvalue weighted by Gasteiger charge is 2.33. The van der Waals surface area contributed by atoms with Gasteiger partial charge in [-0.2, -0.15) is 0 Å². The zero-order chi connectivity index (χ0) is 21.2. The van der Waals surface area contributed by atoms with Gasteiger partial charge in [-0.05, 0) is 31.0 Å². The number of aliphatic imine (C=N–C) groups is 1. The second-order valence-corrected chi connectivity index (χ2v) is 8.73. The second kappa shape index (κ2) is 8.58. The molecule has 10 heteroatoms. The van der Waals surface area contributed by atoms with Crippen LogP contribution in [0.15, 0.2) is 53.8 Å². The first kappa shape index (κ1) is 19.9. The van der Waals surface area contributed by atoms with Gasteiger partial charge in [0, 0.05) is 36.5 Å². The maximum Gasteiger partial charge on any atom is 0.201 e. The van der Waals surface area contributed by atoms with E-state index in [0.29, 0.717) is 25.3 Å². The Morgan fingerprint density at radius 2 is 2.06 bits per heavy atom. The molecule has 9 nitrogen and oxygen atoms in total. The molecule has 160 valence electrons. The molecule has 1 aliphatic heterocycles. The van der Waals surface area contributed by atoms with Crippen molar-refractivity contribution in [2.75, 3.05) is 18.5 Å². The van der Waals surface area contributed by atoms with E-state index < -0.39 is 6.10 Å². The van der Waals surface area contributed by atoms with Crippen LogP contribution in [0.5, 0.6) is 0 Å². The number of nitrogens with zero attached hydrogens (tertiary/aromatic N) is 4. The lowest BCUT2D eigenvalue weighted by molar-refractivity contribution is 0.0907. The minimum Gasteiger partial charge on any atom is -0.396 e. The van der Waals surface area contributed by atoms with E-state index in [-0.39, 0.29) is 18.6 Å². The van der Waals surface area contributed by atoms with Crippen molar-refractivity contribution in [3.8, 4) is 0 Å². The Hall–Kier alpha value is -3.08. The Balaban J connectivity index is 1.43. The molecule has 4 heterocycles. The van der Waals surface area contributed by atoms with Crippen molar-refractivity contribution in [3.63, 3.8) is 0 Å². The predicted molar refractivity (Wildman–Crippen MR) is 120 cm³/mol. The molecule has 0 amide bonds. The number of thiazole rings is 1. The molecule has 3 atom stereocenters. The Morgan fingerprint density at radius 3 is 2.84 bits per heavy atom. The van der Waals surface area contributed by atoms with Gasteiger partial charge in [-0.1, -0.05) is 0 Å². The van der Waals surface area contributed by atoms with Gasteiger partial charge in [0.2, 0.25) is 5.96 Å². The van der Waals surface area contributed by atoms with Crippen LogP contribution in [0.4, 0.5) is 5.69 Å². The summed E-state index contributed by atoms with van der Waals surface area (Å²) < 4.78 is 1.07. The van der Waals surface area contributed by atoms with Gasteiger partial charge in [0.15, 0.2) is 0 Å². The van der Waals surface area contributed by atoms with Crippen LogP contribution in [0, 0.1) is 5.92 Å². The van der Waals surface area contributed by atoms with Crippen molar-refractivity contribution in [2.24, 2.45) is 10.9 Å². The van der Waals surface area contributed by atoms with Crippen molar-refractivity contribution >= 4 is 38.8 Å². The van der Waals surface area contributed by atoms with Crippen LogP contribution >= 0.6 is 11.3 Å². The number of anilines is 1. The van der Waals surface area contributed by atoms with E-state index in [2.05, 4.69) is 30.9 Å². The zero-order valence-electron chi connectivity index (χ0n) is 16.7. The standard InChI is InChI=1S/C21H23N7O2S/c29-11-12-6-14(7-17(12)30)25-19-15(20-27-16-10-23-5-3-18(16)31-20)9-24-21(28-19)26-13-2-1-4-22-8-13/h1-5,8,10,12,14,17,25,29-30H,6-7,9,11H2,(H2,24,26,28). The molecule has 3 aromatic rings. The molecule has 3 aromatic heterocycles. The van der Waals surface area contributed by atoms with E-state index in [1.807, 2.05) is 18.2 Å². The Kier molecular flexibility index (Phi) is 5.49. The number of aliphatic hydroxyl groups is 2. The van der Waals surface area contributed by atoms with Gasteiger partial charge in [-0.3, -0.25) is 9.97 Å². The molecule has 0 bridgehead atoms. The van der Waals surface area contributed by atoms with Crippen LogP contribution in [0.3, 0.4) is 0 Å². The van der Waals surface area contributed by atoms with Crippen molar-refractivity contribution < 1.29 is 10.2 Å². The summed E-state index contributed by atoms with van der Waals surface area (Å²) >= 11 is 1.60. The Labute approximate surface area is 183 Å².